The van der Waals surface area contributed by atoms with Crippen molar-refractivity contribution in [1.82, 2.24) is 15.1 Å². The second-order valence-electron chi connectivity index (χ2n) is 6.76. The maximum absolute atomic E-state index is 12.8. The van der Waals surface area contributed by atoms with Crippen LogP contribution in [0, 0.1) is 10.1 Å². The third kappa shape index (κ3) is 3.26. The van der Waals surface area contributed by atoms with Gasteiger partial charge in [-0.2, -0.15) is 5.10 Å². The van der Waals surface area contributed by atoms with Gasteiger partial charge in [0.1, 0.15) is 4.92 Å². The number of amides is 1. The molecule has 2 heterocycles. The Morgan fingerprint density at radius 2 is 1.93 bits per heavy atom. The lowest BCUT2D eigenvalue weighted by atomic mass is 10.1. The van der Waals surface area contributed by atoms with Gasteiger partial charge in [-0.3, -0.25) is 19.7 Å². The molecule has 1 aliphatic rings. The molecule has 0 radical (unpaired) electrons. The molecule has 1 saturated carbocycles. The molecule has 2 aromatic heterocycles. The summed E-state index contributed by atoms with van der Waals surface area (Å²) in [6, 6.07) is 9.60. The van der Waals surface area contributed by atoms with Gasteiger partial charge in [-0.25, -0.2) is 4.68 Å². The topological polar surface area (TPSA) is 120 Å². The van der Waals surface area contributed by atoms with E-state index in [4.69, 9.17) is 4.42 Å². The van der Waals surface area contributed by atoms with Crippen molar-refractivity contribution < 1.29 is 14.1 Å². The van der Waals surface area contributed by atoms with Crippen LogP contribution in [0.5, 0.6) is 0 Å². The highest BCUT2D eigenvalue weighted by Gasteiger charge is 2.22. The van der Waals surface area contributed by atoms with Gasteiger partial charge in [-0.05, 0) is 25.0 Å². The van der Waals surface area contributed by atoms with Crippen molar-refractivity contribution in [1.29, 1.82) is 0 Å². The number of benzene rings is 1. The van der Waals surface area contributed by atoms with Crippen molar-refractivity contribution in [2.24, 2.45) is 0 Å². The molecule has 1 aromatic carbocycles. The third-order valence-electron chi connectivity index (χ3n) is 4.99. The highest BCUT2D eigenvalue weighted by molar-refractivity contribution is 5.92. The first-order valence-electron chi connectivity index (χ1n) is 9.07. The van der Waals surface area contributed by atoms with Crippen molar-refractivity contribution in [2.45, 2.75) is 38.3 Å². The lowest BCUT2D eigenvalue weighted by molar-refractivity contribution is -0.402. The number of carbonyl (C=O) groups excluding carboxylic acids is 1. The van der Waals surface area contributed by atoms with Gasteiger partial charge in [0.15, 0.2) is 5.76 Å². The van der Waals surface area contributed by atoms with Gasteiger partial charge in [0, 0.05) is 5.39 Å². The Morgan fingerprint density at radius 3 is 2.61 bits per heavy atom. The van der Waals surface area contributed by atoms with Gasteiger partial charge in [0.25, 0.3) is 11.5 Å². The molecule has 3 aromatic rings. The Hall–Kier alpha value is -3.49. The zero-order chi connectivity index (χ0) is 19.7. The number of rotatable bonds is 5. The minimum Gasteiger partial charge on any atom is -0.395 e. The number of furan rings is 1. The number of nitrogens with zero attached hydrogens (tertiary/aromatic N) is 3. The molecule has 1 aliphatic carbocycles. The number of hydrogen-bond acceptors (Lipinski definition) is 6. The van der Waals surface area contributed by atoms with Crippen LogP contribution in [0.4, 0.5) is 5.88 Å². The quantitative estimate of drug-likeness (QED) is 0.535. The molecule has 144 valence electrons. The summed E-state index contributed by atoms with van der Waals surface area (Å²) < 4.78 is 6.46. The first kappa shape index (κ1) is 17.9. The van der Waals surface area contributed by atoms with Crippen LogP contribution in [0.15, 0.2) is 45.6 Å². The Bertz CT molecular complexity index is 1110. The number of fused-ring (bicyclic) bond motifs is 1. The summed E-state index contributed by atoms with van der Waals surface area (Å²) in [7, 11) is 0. The summed E-state index contributed by atoms with van der Waals surface area (Å²) >= 11 is 0. The monoisotopic (exact) mass is 382 g/mol. The van der Waals surface area contributed by atoms with E-state index in [0.717, 1.165) is 31.7 Å². The minimum absolute atomic E-state index is 0.0688. The van der Waals surface area contributed by atoms with Crippen LogP contribution < -0.4 is 10.9 Å². The van der Waals surface area contributed by atoms with E-state index < -0.39 is 16.7 Å². The highest BCUT2D eigenvalue weighted by Crippen LogP contribution is 2.28. The summed E-state index contributed by atoms with van der Waals surface area (Å²) in [6.45, 7) is 0.0703. The number of hydrogen-bond donors (Lipinski definition) is 1. The van der Waals surface area contributed by atoms with E-state index >= 15 is 0 Å². The summed E-state index contributed by atoms with van der Waals surface area (Å²) in [6.07, 6.45) is 3.95. The van der Waals surface area contributed by atoms with Gasteiger partial charge in [-0.1, -0.05) is 31.0 Å². The standard InChI is InChI=1S/C19H18N4O5/c24-18(16-9-10-17(28-16)23(26)27)20-11-15-13-7-3-4-8-14(13)19(25)22(21-15)12-5-1-2-6-12/h3-4,7-10,12H,1-2,5-6,11H2,(H,20,24). The van der Waals surface area contributed by atoms with Gasteiger partial charge < -0.3 is 9.73 Å². The zero-order valence-corrected chi connectivity index (χ0v) is 15.0. The maximum atomic E-state index is 12.8. The molecule has 28 heavy (non-hydrogen) atoms. The Kier molecular flexibility index (Phi) is 4.64. The van der Waals surface area contributed by atoms with Gasteiger partial charge in [0.2, 0.25) is 0 Å². The lowest BCUT2D eigenvalue weighted by Gasteiger charge is -2.16. The van der Waals surface area contributed by atoms with E-state index in [1.165, 1.54) is 10.7 Å². The normalized spacial score (nSPS) is 14.4. The molecule has 0 aliphatic heterocycles. The van der Waals surface area contributed by atoms with E-state index in [1.807, 2.05) is 6.07 Å². The fourth-order valence-electron chi connectivity index (χ4n) is 3.60. The molecule has 1 amide bonds. The first-order valence-corrected chi connectivity index (χ1v) is 9.07. The Labute approximate surface area is 159 Å². The van der Waals surface area contributed by atoms with Crippen LogP contribution in [0.3, 0.4) is 0 Å². The second-order valence-corrected chi connectivity index (χ2v) is 6.76. The summed E-state index contributed by atoms with van der Waals surface area (Å²) in [5.74, 6) is -1.23. The summed E-state index contributed by atoms with van der Waals surface area (Å²) in [5.41, 5.74) is 0.441. The van der Waals surface area contributed by atoms with Crippen LogP contribution in [-0.2, 0) is 6.54 Å². The number of carbonyl (C=O) groups is 1. The van der Waals surface area contributed by atoms with Crippen molar-refractivity contribution in [3.63, 3.8) is 0 Å². The maximum Gasteiger partial charge on any atom is 0.433 e. The van der Waals surface area contributed by atoms with Crippen molar-refractivity contribution in [3.05, 3.63) is 68.3 Å². The zero-order valence-electron chi connectivity index (χ0n) is 15.0. The molecule has 0 unspecified atom stereocenters. The van der Waals surface area contributed by atoms with Crippen LogP contribution in [0.25, 0.3) is 10.8 Å². The molecular weight excluding hydrogens is 364 g/mol. The fourth-order valence-corrected chi connectivity index (χ4v) is 3.60. The largest absolute Gasteiger partial charge is 0.433 e. The molecule has 0 saturated heterocycles. The molecule has 9 heteroatoms. The average molecular weight is 382 g/mol. The van der Waals surface area contributed by atoms with Gasteiger partial charge in [0.05, 0.1) is 29.7 Å². The van der Waals surface area contributed by atoms with E-state index in [0.29, 0.717) is 16.5 Å². The van der Waals surface area contributed by atoms with Gasteiger partial charge >= 0.3 is 5.88 Å². The van der Waals surface area contributed by atoms with Crippen LogP contribution >= 0.6 is 0 Å². The predicted octanol–water partition coefficient (Wildman–Crippen LogP) is 2.94. The smallest absolute Gasteiger partial charge is 0.395 e. The molecule has 1 fully saturated rings. The third-order valence-corrected chi connectivity index (χ3v) is 4.99. The Morgan fingerprint density at radius 1 is 1.21 bits per heavy atom. The second kappa shape index (κ2) is 7.26. The molecular formula is C19H18N4O5. The minimum atomic E-state index is -0.705. The van der Waals surface area contributed by atoms with E-state index in [1.54, 1.807) is 18.2 Å². The predicted molar refractivity (Wildman–Crippen MR) is 100 cm³/mol. The fraction of sp³-hybridized carbons (Fsp3) is 0.316. The van der Waals surface area contributed by atoms with Crippen molar-refractivity contribution in [3.8, 4) is 0 Å². The van der Waals surface area contributed by atoms with Gasteiger partial charge in [-0.15, -0.1) is 0 Å². The van der Waals surface area contributed by atoms with E-state index in [-0.39, 0.29) is 23.9 Å². The van der Waals surface area contributed by atoms with Crippen LogP contribution in [0.1, 0.15) is 48.0 Å². The highest BCUT2D eigenvalue weighted by atomic mass is 16.6. The summed E-state index contributed by atoms with van der Waals surface area (Å²) in [4.78, 5) is 35.1. The molecule has 9 nitrogen and oxygen atoms in total. The molecule has 4 rings (SSSR count). The van der Waals surface area contributed by atoms with E-state index in [9.17, 15) is 19.7 Å². The van der Waals surface area contributed by atoms with Crippen LogP contribution in [-0.4, -0.2) is 20.6 Å². The molecule has 0 spiro atoms. The molecule has 0 atom stereocenters. The van der Waals surface area contributed by atoms with E-state index in [2.05, 4.69) is 10.4 Å². The molecule has 1 N–H and O–H groups in total. The van der Waals surface area contributed by atoms with Crippen LogP contribution in [0.2, 0.25) is 0 Å². The number of nitro groups is 1. The lowest BCUT2D eigenvalue weighted by Crippen LogP contribution is -2.30. The number of aromatic nitrogens is 2. The summed E-state index contributed by atoms with van der Waals surface area (Å²) in [5, 5.41) is 19.1. The van der Waals surface area contributed by atoms with Crippen molar-refractivity contribution >= 4 is 22.6 Å². The Balaban J connectivity index is 1.64. The first-order chi connectivity index (χ1) is 13.5. The number of nitrogens with one attached hydrogen (secondary N) is 1. The van der Waals surface area contributed by atoms with Crippen molar-refractivity contribution in [2.75, 3.05) is 0 Å². The average Bonchev–Trinajstić information content (AvgIpc) is 3.39. The SMILES string of the molecule is O=C(NCc1nn(C2CCCC2)c(=O)c2ccccc12)c1ccc([N+](=O)[O-])o1. The molecule has 0 bridgehead atoms.